The first-order valence-electron chi connectivity index (χ1n) is 9.06. The van der Waals surface area contributed by atoms with Crippen LogP contribution in [0.5, 0.6) is 23.0 Å². The molecule has 0 bridgehead atoms. The van der Waals surface area contributed by atoms with E-state index in [0.29, 0.717) is 5.92 Å². The molecule has 26 heavy (non-hydrogen) atoms. The molecule has 0 fully saturated rings. The largest absolute Gasteiger partial charge is 0.457 e. The molecule has 0 saturated carbocycles. The SMILES string of the molecule is Cc1ccc(Oc2ccc(Oc3ccc(C)c(C(C)C)c3)cc2)cc1C. The first-order chi connectivity index (χ1) is 12.4. The smallest absolute Gasteiger partial charge is 0.127 e. The summed E-state index contributed by atoms with van der Waals surface area (Å²) in [6, 6.07) is 20.1. The van der Waals surface area contributed by atoms with Crippen LogP contribution in [0, 0.1) is 20.8 Å². The summed E-state index contributed by atoms with van der Waals surface area (Å²) in [7, 11) is 0. The van der Waals surface area contributed by atoms with Gasteiger partial charge in [0.1, 0.15) is 23.0 Å². The summed E-state index contributed by atoms with van der Waals surface area (Å²) in [5, 5.41) is 0. The zero-order valence-corrected chi connectivity index (χ0v) is 16.2. The van der Waals surface area contributed by atoms with E-state index in [9.17, 15) is 0 Å². The zero-order chi connectivity index (χ0) is 18.7. The van der Waals surface area contributed by atoms with Crippen LogP contribution >= 0.6 is 0 Å². The van der Waals surface area contributed by atoms with E-state index in [0.717, 1.165) is 23.0 Å². The van der Waals surface area contributed by atoms with Crippen molar-refractivity contribution >= 4 is 0 Å². The topological polar surface area (TPSA) is 18.5 Å². The first kappa shape index (κ1) is 18.1. The van der Waals surface area contributed by atoms with Crippen molar-refractivity contribution in [1.82, 2.24) is 0 Å². The van der Waals surface area contributed by atoms with Gasteiger partial charge in [0.05, 0.1) is 0 Å². The van der Waals surface area contributed by atoms with Gasteiger partial charge in [0, 0.05) is 0 Å². The van der Waals surface area contributed by atoms with E-state index in [1.165, 1.54) is 22.3 Å². The monoisotopic (exact) mass is 346 g/mol. The molecule has 3 rings (SSSR count). The van der Waals surface area contributed by atoms with Gasteiger partial charge in [-0.1, -0.05) is 26.0 Å². The lowest BCUT2D eigenvalue weighted by atomic mass is 9.98. The number of aryl methyl sites for hydroxylation is 3. The Hall–Kier alpha value is -2.74. The van der Waals surface area contributed by atoms with Crippen LogP contribution in [0.2, 0.25) is 0 Å². The minimum absolute atomic E-state index is 0.479. The van der Waals surface area contributed by atoms with Gasteiger partial charge in [-0.05, 0) is 97.5 Å². The third-order valence-corrected chi connectivity index (χ3v) is 4.65. The van der Waals surface area contributed by atoms with Gasteiger partial charge >= 0.3 is 0 Å². The number of benzene rings is 3. The van der Waals surface area contributed by atoms with E-state index in [2.05, 4.69) is 58.9 Å². The molecule has 0 aliphatic carbocycles. The molecule has 0 saturated heterocycles. The molecule has 0 heterocycles. The zero-order valence-electron chi connectivity index (χ0n) is 16.2. The highest BCUT2D eigenvalue weighted by atomic mass is 16.5. The number of rotatable bonds is 5. The molecule has 0 aliphatic rings. The molecular formula is C24H26O2. The van der Waals surface area contributed by atoms with E-state index in [-0.39, 0.29) is 0 Å². The average molecular weight is 346 g/mol. The second-order valence-corrected chi connectivity index (χ2v) is 7.09. The summed E-state index contributed by atoms with van der Waals surface area (Å²) in [4.78, 5) is 0. The van der Waals surface area contributed by atoms with Crippen LogP contribution in [0.4, 0.5) is 0 Å². The van der Waals surface area contributed by atoms with E-state index >= 15 is 0 Å². The molecule has 2 nitrogen and oxygen atoms in total. The predicted molar refractivity (Wildman–Crippen MR) is 108 cm³/mol. The third kappa shape index (κ3) is 4.26. The minimum Gasteiger partial charge on any atom is -0.457 e. The maximum Gasteiger partial charge on any atom is 0.127 e. The highest BCUT2D eigenvalue weighted by molar-refractivity contribution is 5.42. The van der Waals surface area contributed by atoms with Crippen LogP contribution < -0.4 is 9.47 Å². The van der Waals surface area contributed by atoms with Gasteiger partial charge in [0.15, 0.2) is 0 Å². The second kappa shape index (κ2) is 7.65. The molecule has 0 aliphatic heterocycles. The van der Waals surface area contributed by atoms with E-state index < -0.39 is 0 Å². The Balaban J connectivity index is 1.71. The van der Waals surface area contributed by atoms with Crippen LogP contribution in [-0.2, 0) is 0 Å². The number of hydrogen-bond acceptors (Lipinski definition) is 2. The summed E-state index contributed by atoms with van der Waals surface area (Å²) >= 11 is 0. The fourth-order valence-corrected chi connectivity index (χ4v) is 2.93. The highest BCUT2D eigenvalue weighted by Crippen LogP contribution is 2.30. The lowest BCUT2D eigenvalue weighted by Gasteiger charge is -2.13. The Labute approximate surface area is 156 Å². The molecule has 0 aromatic heterocycles. The molecule has 2 heteroatoms. The van der Waals surface area contributed by atoms with Crippen LogP contribution in [0.3, 0.4) is 0 Å². The molecule has 0 spiro atoms. The molecule has 0 N–H and O–H groups in total. The Morgan fingerprint density at radius 3 is 1.50 bits per heavy atom. The van der Waals surface area contributed by atoms with Crippen LogP contribution in [0.1, 0.15) is 42.0 Å². The summed E-state index contributed by atoms with van der Waals surface area (Å²) in [5.74, 6) is 3.79. The van der Waals surface area contributed by atoms with E-state index in [1.807, 2.05) is 36.4 Å². The average Bonchev–Trinajstić information content (AvgIpc) is 2.61. The van der Waals surface area contributed by atoms with Crippen LogP contribution in [-0.4, -0.2) is 0 Å². The number of hydrogen-bond donors (Lipinski definition) is 0. The van der Waals surface area contributed by atoms with E-state index in [1.54, 1.807) is 0 Å². The lowest BCUT2D eigenvalue weighted by molar-refractivity contribution is 0.468. The van der Waals surface area contributed by atoms with Gasteiger partial charge in [-0.15, -0.1) is 0 Å². The molecule has 3 aromatic rings. The van der Waals surface area contributed by atoms with Crippen molar-refractivity contribution in [3.8, 4) is 23.0 Å². The molecule has 0 amide bonds. The summed E-state index contributed by atoms with van der Waals surface area (Å²) < 4.78 is 11.9. The number of ether oxygens (including phenoxy) is 2. The molecule has 134 valence electrons. The Bertz CT molecular complexity index is 893. The Morgan fingerprint density at radius 2 is 1.00 bits per heavy atom. The molecule has 0 radical (unpaired) electrons. The summed E-state index contributed by atoms with van der Waals surface area (Å²) in [6.45, 7) is 10.7. The Kier molecular flexibility index (Phi) is 5.32. The fourth-order valence-electron chi connectivity index (χ4n) is 2.93. The van der Waals surface area contributed by atoms with E-state index in [4.69, 9.17) is 9.47 Å². The van der Waals surface area contributed by atoms with Gasteiger partial charge in [-0.3, -0.25) is 0 Å². The maximum atomic E-state index is 6.01. The second-order valence-electron chi connectivity index (χ2n) is 7.09. The van der Waals surface area contributed by atoms with Crippen molar-refractivity contribution in [2.75, 3.05) is 0 Å². The van der Waals surface area contributed by atoms with Crippen LogP contribution in [0.25, 0.3) is 0 Å². The molecule has 0 atom stereocenters. The normalized spacial score (nSPS) is 10.8. The Morgan fingerprint density at radius 1 is 0.538 bits per heavy atom. The van der Waals surface area contributed by atoms with Gasteiger partial charge in [-0.2, -0.15) is 0 Å². The van der Waals surface area contributed by atoms with Crippen molar-refractivity contribution in [3.05, 3.63) is 82.9 Å². The van der Waals surface area contributed by atoms with Gasteiger partial charge < -0.3 is 9.47 Å². The van der Waals surface area contributed by atoms with Crippen molar-refractivity contribution in [2.45, 2.75) is 40.5 Å². The first-order valence-corrected chi connectivity index (χ1v) is 9.06. The van der Waals surface area contributed by atoms with Crippen molar-refractivity contribution in [1.29, 1.82) is 0 Å². The van der Waals surface area contributed by atoms with Crippen LogP contribution in [0.15, 0.2) is 60.7 Å². The van der Waals surface area contributed by atoms with Gasteiger partial charge in [-0.25, -0.2) is 0 Å². The van der Waals surface area contributed by atoms with Crippen molar-refractivity contribution < 1.29 is 9.47 Å². The highest BCUT2D eigenvalue weighted by Gasteiger charge is 2.07. The fraction of sp³-hybridized carbons (Fsp3) is 0.250. The minimum atomic E-state index is 0.479. The summed E-state index contributed by atoms with van der Waals surface area (Å²) in [6.07, 6.45) is 0. The standard InChI is InChI=1S/C24H26O2/c1-16(2)24-15-23(9-7-18(24)4)26-21-12-10-20(11-13-21)25-22-8-6-17(3)19(5)14-22/h6-16H,1-5H3. The third-order valence-electron chi connectivity index (χ3n) is 4.65. The quantitative estimate of drug-likeness (QED) is 0.482. The van der Waals surface area contributed by atoms with Crippen molar-refractivity contribution in [3.63, 3.8) is 0 Å². The van der Waals surface area contributed by atoms with Gasteiger partial charge in [0.25, 0.3) is 0 Å². The summed E-state index contributed by atoms with van der Waals surface area (Å²) in [5.41, 5.74) is 5.10. The molecule has 0 unspecified atom stereocenters. The predicted octanol–water partition coefficient (Wildman–Crippen LogP) is 7.32. The van der Waals surface area contributed by atoms with Gasteiger partial charge in [0.2, 0.25) is 0 Å². The maximum absolute atomic E-state index is 6.01. The molecular weight excluding hydrogens is 320 g/mol. The van der Waals surface area contributed by atoms with Crippen molar-refractivity contribution in [2.24, 2.45) is 0 Å². The molecule has 3 aromatic carbocycles. The lowest BCUT2D eigenvalue weighted by Crippen LogP contribution is -1.93.